The van der Waals surface area contributed by atoms with Gasteiger partial charge in [-0.25, -0.2) is 0 Å². The average molecular weight is 306 g/mol. The largest absolute Gasteiger partial charge is 0.0761 e. The van der Waals surface area contributed by atoms with Gasteiger partial charge in [-0.1, -0.05) is 106 Å². The maximum atomic E-state index is 2.35. The molecule has 0 amide bonds. The maximum absolute atomic E-state index is 2.35. The zero-order valence-corrected chi connectivity index (χ0v) is 15.2. The maximum Gasteiger partial charge on any atom is 0.00561 e. The first kappa shape index (κ1) is 19.0. The topological polar surface area (TPSA) is 0 Å². The SMILES string of the molecule is CC.CC.Cc1ccc(C2=CCC(c3ccccc3)C=C2)cc1. The van der Waals surface area contributed by atoms with Crippen LogP contribution in [0.4, 0.5) is 0 Å². The van der Waals surface area contributed by atoms with Gasteiger partial charge in [0.15, 0.2) is 0 Å². The average Bonchev–Trinajstić information content (AvgIpc) is 2.67. The van der Waals surface area contributed by atoms with Crippen molar-refractivity contribution in [3.63, 3.8) is 0 Å². The minimum atomic E-state index is 0.524. The second-order valence-electron chi connectivity index (χ2n) is 5.14. The van der Waals surface area contributed by atoms with Gasteiger partial charge in [0.05, 0.1) is 0 Å². The van der Waals surface area contributed by atoms with Crippen molar-refractivity contribution in [3.05, 3.63) is 89.5 Å². The van der Waals surface area contributed by atoms with E-state index in [1.54, 1.807) is 0 Å². The Morgan fingerprint density at radius 3 is 1.91 bits per heavy atom. The number of hydrogen-bond acceptors (Lipinski definition) is 0. The first-order valence-electron chi connectivity index (χ1n) is 8.83. The predicted octanol–water partition coefficient (Wildman–Crippen LogP) is 7.17. The summed E-state index contributed by atoms with van der Waals surface area (Å²) < 4.78 is 0. The number of hydrogen-bond donors (Lipinski definition) is 0. The van der Waals surface area contributed by atoms with Crippen molar-refractivity contribution in [2.24, 2.45) is 0 Å². The smallest absolute Gasteiger partial charge is 0.00561 e. The van der Waals surface area contributed by atoms with E-state index in [1.165, 1.54) is 22.3 Å². The number of benzene rings is 2. The van der Waals surface area contributed by atoms with Crippen molar-refractivity contribution in [3.8, 4) is 0 Å². The Hall–Kier alpha value is -2.08. The van der Waals surface area contributed by atoms with Crippen LogP contribution in [0.15, 0.2) is 72.8 Å². The van der Waals surface area contributed by atoms with E-state index in [1.807, 2.05) is 27.7 Å². The van der Waals surface area contributed by atoms with Gasteiger partial charge in [0.2, 0.25) is 0 Å². The van der Waals surface area contributed by atoms with Crippen LogP contribution in [0.5, 0.6) is 0 Å². The first-order valence-corrected chi connectivity index (χ1v) is 8.83. The lowest BCUT2D eigenvalue weighted by atomic mass is 9.88. The summed E-state index contributed by atoms with van der Waals surface area (Å²) in [4.78, 5) is 0. The summed E-state index contributed by atoms with van der Waals surface area (Å²) in [5, 5.41) is 0. The third-order valence-electron chi connectivity index (χ3n) is 3.71. The summed E-state index contributed by atoms with van der Waals surface area (Å²) in [7, 11) is 0. The van der Waals surface area contributed by atoms with Crippen LogP contribution >= 0.6 is 0 Å². The molecule has 0 saturated heterocycles. The van der Waals surface area contributed by atoms with Crippen molar-refractivity contribution < 1.29 is 0 Å². The van der Waals surface area contributed by atoms with E-state index in [0.29, 0.717) is 5.92 Å². The molecule has 0 N–H and O–H groups in total. The van der Waals surface area contributed by atoms with Crippen molar-refractivity contribution in [1.82, 2.24) is 0 Å². The standard InChI is InChI=1S/C19H18.2C2H6/c1-15-7-9-17(10-8-15)19-13-11-18(12-14-19)16-5-3-2-4-6-16;2*1-2/h2-11,13-14,18H,12H2,1H3;2*1-2H3. The van der Waals surface area contributed by atoms with E-state index in [2.05, 4.69) is 79.7 Å². The molecule has 0 fully saturated rings. The highest BCUT2D eigenvalue weighted by atomic mass is 14.2. The number of aryl methyl sites for hydroxylation is 1. The predicted molar refractivity (Wildman–Crippen MR) is 105 cm³/mol. The normalized spacial score (nSPS) is 15.5. The van der Waals surface area contributed by atoms with E-state index in [-0.39, 0.29) is 0 Å². The van der Waals surface area contributed by atoms with Crippen LogP contribution < -0.4 is 0 Å². The molecule has 0 aliphatic heterocycles. The zero-order chi connectivity index (χ0) is 17.1. The molecule has 23 heavy (non-hydrogen) atoms. The minimum Gasteiger partial charge on any atom is -0.0761 e. The fourth-order valence-electron chi connectivity index (χ4n) is 2.53. The number of allylic oxidation sites excluding steroid dienone is 4. The quantitative estimate of drug-likeness (QED) is 0.551. The van der Waals surface area contributed by atoms with Crippen LogP contribution in [0.25, 0.3) is 5.57 Å². The van der Waals surface area contributed by atoms with Gasteiger partial charge in [-0.3, -0.25) is 0 Å². The lowest BCUT2D eigenvalue weighted by Gasteiger charge is -2.17. The van der Waals surface area contributed by atoms with Crippen molar-refractivity contribution in [2.45, 2.75) is 47.0 Å². The van der Waals surface area contributed by atoms with Gasteiger partial charge < -0.3 is 0 Å². The summed E-state index contributed by atoms with van der Waals surface area (Å²) in [5.41, 5.74) is 5.37. The second kappa shape index (κ2) is 10.6. The molecule has 3 rings (SSSR count). The van der Waals surface area contributed by atoms with E-state index >= 15 is 0 Å². The summed E-state index contributed by atoms with van der Waals surface area (Å²) in [6, 6.07) is 19.5. The zero-order valence-electron chi connectivity index (χ0n) is 15.2. The Morgan fingerprint density at radius 1 is 0.783 bits per heavy atom. The fourth-order valence-corrected chi connectivity index (χ4v) is 2.53. The van der Waals surface area contributed by atoms with E-state index in [9.17, 15) is 0 Å². The van der Waals surface area contributed by atoms with Crippen LogP contribution in [0.1, 0.15) is 56.7 Å². The molecule has 0 aromatic heterocycles. The highest BCUT2D eigenvalue weighted by Crippen LogP contribution is 2.30. The Morgan fingerprint density at radius 2 is 1.39 bits per heavy atom. The third kappa shape index (κ3) is 5.56. The molecule has 0 bridgehead atoms. The van der Waals surface area contributed by atoms with Crippen molar-refractivity contribution in [1.29, 1.82) is 0 Å². The summed E-state index contributed by atoms with van der Waals surface area (Å²) >= 11 is 0. The molecular weight excluding hydrogens is 276 g/mol. The fraction of sp³-hybridized carbons (Fsp3) is 0.304. The molecule has 0 saturated carbocycles. The molecule has 0 spiro atoms. The Balaban J connectivity index is 0.000000615. The van der Waals surface area contributed by atoms with Crippen molar-refractivity contribution >= 4 is 5.57 Å². The van der Waals surface area contributed by atoms with E-state index in [4.69, 9.17) is 0 Å². The molecule has 0 nitrogen and oxygen atoms in total. The van der Waals surface area contributed by atoms with Crippen LogP contribution in [-0.4, -0.2) is 0 Å². The Labute approximate surface area is 142 Å². The van der Waals surface area contributed by atoms with Gasteiger partial charge in [-0.2, -0.15) is 0 Å². The Kier molecular flexibility index (Phi) is 8.75. The highest BCUT2D eigenvalue weighted by Gasteiger charge is 2.11. The molecule has 1 aliphatic rings. The summed E-state index contributed by atoms with van der Waals surface area (Å²) in [5.74, 6) is 0.524. The summed E-state index contributed by atoms with van der Waals surface area (Å²) in [6.45, 7) is 10.1. The second-order valence-corrected chi connectivity index (χ2v) is 5.14. The van der Waals surface area contributed by atoms with Gasteiger partial charge in [-0.15, -0.1) is 0 Å². The number of rotatable bonds is 2. The van der Waals surface area contributed by atoms with Crippen LogP contribution in [0, 0.1) is 6.92 Å². The molecule has 1 aliphatic carbocycles. The molecule has 2 aromatic carbocycles. The van der Waals surface area contributed by atoms with Crippen LogP contribution in [0.3, 0.4) is 0 Å². The van der Waals surface area contributed by atoms with Crippen molar-refractivity contribution in [2.75, 3.05) is 0 Å². The molecule has 2 aromatic rings. The van der Waals surface area contributed by atoms with Crippen LogP contribution in [-0.2, 0) is 0 Å². The lowest BCUT2D eigenvalue weighted by molar-refractivity contribution is 0.856. The van der Waals surface area contributed by atoms with Gasteiger partial charge in [0.25, 0.3) is 0 Å². The minimum absolute atomic E-state index is 0.524. The van der Waals surface area contributed by atoms with E-state index < -0.39 is 0 Å². The highest BCUT2D eigenvalue weighted by molar-refractivity contribution is 5.75. The van der Waals surface area contributed by atoms with Gasteiger partial charge >= 0.3 is 0 Å². The van der Waals surface area contributed by atoms with Crippen LogP contribution in [0.2, 0.25) is 0 Å². The third-order valence-corrected chi connectivity index (χ3v) is 3.71. The summed E-state index contributed by atoms with van der Waals surface area (Å²) in [6.07, 6.45) is 8.02. The van der Waals surface area contributed by atoms with Gasteiger partial charge in [0.1, 0.15) is 0 Å². The van der Waals surface area contributed by atoms with E-state index in [0.717, 1.165) is 6.42 Å². The molecule has 0 heteroatoms. The lowest BCUT2D eigenvalue weighted by Crippen LogP contribution is -1.98. The molecule has 0 heterocycles. The Bertz CT molecular complexity index is 600. The first-order chi connectivity index (χ1) is 11.3. The monoisotopic (exact) mass is 306 g/mol. The molecule has 1 unspecified atom stereocenters. The van der Waals surface area contributed by atoms with Gasteiger partial charge in [-0.05, 0) is 30.0 Å². The molecule has 1 atom stereocenters. The van der Waals surface area contributed by atoms with Gasteiger partial charge in [0, 0.05) is 5.92 Å². The molecule has 0 radical (unpaired) electrons. The molecule has 122 valence electrons. The molecular formula is C23H30.